The van der Waals surface area contributed by atoms with Crippen molar-refractivity contribution in [2.45, 2.75) is 27.2 Å². The van der Waals surface area contributed by atoms with Gasteiger partial charge in [0.05, 0.1) is 0 Å². The molecule has 0 bridgehead atoms. The Hall–Kier alpha value is 0.274. The number of ketones is 2. The predicted molar refractivity (Wildman–Crippen MR) is 47.4 cm³/mol. The van der Waals surface area contributed by atoms with Gasteiger partial charge < -0.3 is 10.1 Å². The maximum absolute atomic E-state index is 11.2. The van der Waals surface area contributed by atoms with E-state index in [4.69, 9.17) is 0 Å². The van der Waals surface area contributed by atoms with Gasteiger partial charge in [-0.05, 0) is 13.3 Å². The summed E-state index contributed by atoms with van der Waals surface area (Å²) >= 11 is 0. The number of rotatable bonds is 6. The van der Waals surface area contributed by atoms with Crippen molar-refractivity contribution in [1.29, 1.82) is 0 Å². The molecule has 0 aromatic carbocycles. The third-order valence-electron chi connectivity index (χ3n) is 1.74. The first-order chi connectivity index (χ1) is 5.57. The Balaban J connectivity index is 0. The quantitative estimate of drug-likeness (QED) is 0.722. The Labute approximate surface area is 105 Å². The summed E-state index contributed by atoms with van der Waals surface area (Å²) in [6, 6.07) is 0. The molecule has 0 aliphatic rings. The van der Waals surface area contributed by atoms with Crippen LogP contribution in [0.1, 0.15) is 27.2 Å². The Morgan fingerprint density at radius 3 is 2.38 bits per heavy atom. The van der Waals surface area contributed by atoms with Gasteiger partial charge in [-0.25, -0.2) is 0 Å². The summed E-state index contributed by atoms with van der Waals surface area (Å²) in [7, 11) is 0. The number of nitrogens with one attached hydrogen (secondary N) is 1. The zero-order valence-electron chi connectivity index (χ0n) is 8.46. The van der Waals surface area contributed by atoms with E-state index in [0.717, 1.165) is 6.42 Å². The van der Waals surface area contributed by atoms with E-state index >= 15 is 0 Å². The van der Waals surface area contributed by atoms with Gasteiger partial charge in [-0.2, -0.15) is 0 Å². The minimum Gasteiger partial charge on any atom is -0.442 e. The normalized spacial score (nSPS) is 11.3. The standard InChI is InChI=1S/C9H16NO2.Y/c1-4-7(2)9(12)6-10-5-8(3)11;/h5,7,10H,4,6H2,1-3H3;/q-1;. The molecular weight excluding hydrogens is 243 g/mol. The summed E-state index contributed by atoms with van der Waals surface area (Å²) in [5.41, 5.74) is 0. The van der Waals surface area contributed by atoms with Crippen LogP contribution in [0.25, 0.3) is 0 Å². The molecule has 0 heterocycles. The first kappa shape index (κ1) is 15.7. The van der Waals surface area contributed by atoms with E-state index in [-0.39, 0.29) is 56.7 Å². The molecular formula is C9H16NO2Y-. The van der Waals surface area contributed by atoms with Gasteiger partial charge in [0.25, 0.3) is 0 Å². The van der Waals surface area contributed by atoms with Crippen LogP contribution in [-0.2, 0) is 42.3 Å². The summed E-state index contributed by atoms with van der Waals surface area (Å²) in [5, 5.41) is 2.68. The zero-order chi connectivity index (χ0) is 9.56. The molecule has 0 spiro atoms. The van der Waals surface area contributed by atoms with Crippen molar-refractivity contribution in [3.8, 4) is 0 Å². The molecule has 0 saturated heterocycles. The Kier molecular flexibility index (Phi) is 10.7. The number of carbonyl (C=O) groups excluding carboxylic acids is 2. The first-order valence-corrected chi connectivity index (χ1v) is 4.17. The molecule has 1 unspecified atom stereocenters. The average molecular weight is 259 g/mol. The van der Waals surface area contributed by atoms with Gasteiger partial charge in [-0.1, -0.05) is 13.8 Å². The van der Waals surface area contributed by atoms with E-state index in [1.165, 1.54) is 13.5 Å². The molecule has 0 amide bonds. The molecule has 1 N–H and O–H groups in total. The largest absolute Gasteiger partial charge is 0.442 e. The Bertz CT molecular complexity index is 171. The van der Waals surface area contributed by atoms with E-state index in [2.05, 4.69) is 5.32 Å². The fraction of sp³-hybridized carbons (Fsp3) is 0.667. The van der Waals surface area contributed by atoms with Crippen molar-refractivity contribution in [2.75, 3.05) is 6.54 Å². The summed E-state index contributed by atoms with van der Waals surface area (Å²) in [4.78, 5) is 21.6. The molecule has 13 heavy (non-hydrogen) atoms. The number of hydrogen-bond donors (Lipinski definition) is 1. The number of hydrogen-bond acceptors (Lipinski definition) is 3. The second-order valence-corrected chi connectivity index (χ2v) is 2.91. The molecule has 0 aromatic heterocycles. The van der Waals surface area contributed by atoms with Crippen LogP contribution in [0.15, 0.2) is 0 Å². The molecule has 73 valence electrons. The van der Waals surface area contributed by atoms with Crippen LogP contribution in [0, 0.1) is 12.5 Å². The van der Waals surface area contributed by atoms with Gasteiger partial charge in [0.15, 0.2) is 0 Å². The molecule has 0 saturated carbocycles. The van der Waals surface area contributed by atoms with Gasteiger partial charge in [-0.15, -0.1) is 0 Å². The van der Waals surface area contributed by atoms with E-state index < -0.39 is 0 Å². The summed E-state index contributed by atoms with van der Waals surface area (Å²) in [6.07, 6.45) is 0.848. The molecule has 0 aliphatic heterocycles. The van der Waals surface area contributed by atoms with Crippen molar-refractivity contribution in [1.82, 2.24) is 5.32 Å². The second-order valence-electron chi connectivity index (χ2n) is 2.91. The SMILES string of the molecule is CCC(C)C(=O)CN[CH-]C(C)=O.[Y]. The second kappa shape index (κ2) is 8.85. The molecule has 0 rings (SSSR count). The van der Waals surface area contributed by atoms with Crippen LogP contribution in [-0.4, -0.2) is 18.1 Å². The van der Waals surface area contributed by atoms with Crippen LogP contribution in [0.4, 0.5) is 0 Å². The molecule has 3 nitrogen and oxygen atoms in total. The number of carbonyl (C=O) groups is 2. The zero-order valence-corrected chi connectivity index (χ0v) is 11.3. The van der Waals surface area contributed by atoms with Crippen LogP contribution in [0.5, 0.6) is 0 Å². The minimum atomic E-state index is -0.0630. The van der Waals surface area contributed by atoms with Crippen LogP contribution < -0.4 is 5.32 Å². The van der Waals surface area contributed by atoms with E-state index in [9.17, 15) is 9.59 Å². The van der Waals surface area contributed by atoms with Gasteiger partial charge in [0, 0.05) is 51.0 Å². The molecule has 1 radical (unpaired) electrons. The molecule has 0 aromatic rings. The average Bonchev–Trinajstić information content (AvgIpc) is 2.02. The summed E-state index contributed by atoms with van der Waals surface area (Å²) in [5.74, 6) is 0.166. The van der Waals surface area contributed by atoms with Crippen molar-refractivity contribution >= 4 is 11.6 Å². The van der Waals surface area contributed by atoms with Gasteiger partial charge in [0.2, 0.25) is 0 Å². The molecule has 0 aliphatic carbocycles. The van der Waals surface area contributed by atoms with Crippen LogP contribution in [0.3, 0.4) is 0 Å². The smallest absolute Gasteiger partial charge is 0.147 e. The maximum atomic E-state index is 11.2. The fourth-order valence-corrected chi connectivity index (χ4v) is 0.697. The topological polar surface area (TPSA) is 46.2 Å². The summed E-state index contributed by atoms with van der Waals surface area (Å²) in [6.45, 7) is 6.88. The van der Waals surface area contributed by atoms with E-state index in [1.807, 2.05) is 13.8 Å². The van der Waals surface area contributed by atoms with Gasteiger partial charge >= 0.3 is 0 Å². The van der Waals surface area contributed by atoms with Crippen molar-refractivity contribution in [3.63, 3.8) is 0 Å². The van der Waals surface area contributed by atoms with Crippen LogP contribution in [0.2, 0.25) is 0 Å². The van der Waals surface area contributed by atoms with Gasteiger partial charge in [0.1, 0.15) is 5.78 Å². The minimum absolute atomic E-state index is 0. The van der Waals surface area contributed by atoms with E-state index in [0.29, 0.717) is 0 Å². The fourth-order valence-electron chi connectivity index (χ4n) is 0.697. The monoisotopic (exact) mass is 259 g/mol. The van der Waals surface area contributed by atoms with Crippen molar-refractivity contribution < 1.29 is 42.3 Å². The molecule has 1 atom stereocenters. The van der Waals surface area contributed by atoms with Crippen molar-refractivity contribution in [3.05, 3.63) is 6.54 Å². The Morgan fingerprint density at radius 1 is 1.46 bits per heavy atom. The third-order valence-corrected chi connectivity index (χ3v) is 1.74. The van der Waals surface area contributed by atoms with Gasteiger partial charge in [-0.3, -0.25) is 11.3 Å². The molecule has 4 heteroatoms. The third kappa shape index (κ3) is 8.60. The first-order valence-electron chi connectivity index (χ1n) is 4.17. The number of Topliss-reactive ketones (excluding diaryl/α,β-unsaturated/α-hetero) is 2. The maximum Gasteiger partial charge on any atom is 0.147 e. The summed E-state index contributed by atoms with van der Waals surface area (Å²) < 4.78 is 0. The van der Waals surface area contributed by atoms with Crippen LogP contribution >= 0.6 is 0 Å². The predicted octanol–water partition coefficient (Wildman–Crippen LogP) is 0.939. The van der Waals surface area contributed by atoms with E-state index in [1.54, 1.807) is 0 Å². The Morgan fingerprint density at radius 2 is 2.00 bits per heavy atom. The van der Waals surface area contributed by atoms with Crippen molar-refractivity contribution in [2.24, 2.45) is 5.92 Å². The molecule has 0 fully saturated rings.